The fraction of sp³-hybridized carbons (Fsp3) is 0.524. The van der Waals surface area contributed by atoms with Gasteiger partial charge in [-0.1, -0.05) is 30.3 Å². The van der Waals surface area contributed by atoms with Crippen molar-refractivity contribution in [1.29, 1.82) is 0 Å². The maximum Gasteiger partial charge on any atom is 0.253 e. The van der Waals surface area contributed by atoms with Gasteiger partial charge in [0.25, 0.3) is 5.91 Å². The van der Waals surface area contributed by atoms with Crippen molar-refractivity contribution in [3.63, 3.8) is 0 Å². The Morgan fingerprint density at radius 1 is 1.04 bits per heavy atom. The third-order valence-electron chi connectivity index (χ3n) is 5.76. The second-order valence-electron chi connectivity index (χ2n) is 7.62. The van der Waals surface area contributed by atoms with E-state index in [1.807, 2.05) is 34.6 Å². The van der Waals surface area contributed by atoms with Crippen LogP contribution in [0, 0.1) is 6.92 Å². The molecule has 0 spiro atoms. The second-order valence-corrected chi connectivity index (χ2v) is 7.62. The molecule has 1 fully saturated rings. The first-order valence-corrected chi connectivity index (χ1v) is 10.2. The normalized spacial score (nSPS) is 19.0. The summed E-state index contributed by atoms with van der Waals surface area (Å²) in [5.41, 5.74) is 1.23. The van der Waals surface area contributed by atoms with Crippen molar-refractivity contribution in [3.8, 4) is 0 Å². The van der Waals surface area contributed by atoms with Gasteiger partial charge < -0.3 is 14.4 Å². The summed E-state index contributed by atoms with van der Waals surface area (Å²) >= 11 is 0. The van der Waals surface area contributed by atoms with Crippen LogP contribution in [-0.4, -0.2) is 56.0 Å². The van der Waals surface area contributed by atoms with Crippen LogP contribution in [0.2, 0.25) is 0 Å². The van der Waals surface area contributed by atoms with E-state index in [9.17, 15) is 9.59 Å². The van der Waals surface area contributed by atoms with Crippen LogP contribution >= 0.6 is 0 Å². The minimum atomic E-state index is -0.641. The first-order chi connectivity index (χ1) is 13.6. The van der Waals surface area contributed by atoms with E-state index in [0.29, 0.717) is 25.3 Å². The molecule has 0 radical (unpaired) electrons. The summed E-state index contributed by atoms with van der Waals surface area (Å²) in [4.78, 5) is 29.9. The largest absolute Gasteiger partial charge is 0.340 e. The van der Waals surface area contributed by atoms with Gasteiger partial charge in [-0.25, -0.2) is 0 Å². The molecule has 3 heterocycles. The first kappa shape index (κ1) is 18.7. The number of fused-ring (bicyclic) bond motifs is 1. The van der Waals surface area contributed by atoms with Crippen LogP contribution in [0.25, 0.3) is 0 Å². The Balaban J connectivity index is 1.49. The predicted molar refractivity (Wildman–Crippen MR) is 104 cm³/mol. The number of amides is 2. The van der Waals surface area contributed by atoms with E-state index >= 15 is 0 Å². The second kappa shape index (κ2) is 8.12. The molecule has 0 bridgehead atoms. The lowest BCUT2D eigenvalue weighted by Gasteiger charge is -2.36. The van der Waals surface area contributed by atoms with Crippen LogP contribution in [0.15, 0.2) is 30.3 Å². The van der Waals surface area contributed by atoms with Gasteiger partial charge in [-0.05, 0) is 38.2 Å². The molecule has 1 aromatic heterocycles. The van der Waals surface area contributed by atoms with E-state index in [4.69, 9.17) is 0 Å². The van der Waals surface area contributed by atoms with Crippen LogP contribution < -0.4 is 0 Å². The highest BCUT2D eigenvalue weighted by molar-refractivity contribution is 5.88. The zero-order valence-corrected chi connectivity index (χ0v) is 16.4. The zero-order chi connectivity index (χ0) is 19.5. The Hall–Kier alpha value is -2.70. The lowest BCUT2D eigenvalue weighted by atomic mass is 10.1. The minimum absolute atomic E-state index is 0.0118. The van der Waals surface area contributed by atoms with Crippen molar-refractivity contribution in [2.75, 3.05) is 19.6 Å². The first-order valence-electron chi connectivity index (χ1n) is 10.2. The van der Waals surface area contributed by atoms with E-state index in [2.05, 4.69) is 22.3 Å². The number of aromatic nitrogens is 3. The molecule has 4 rings (SSSR count). The molecule has 1 atom stereocenters. The number of hydrogen-bond acceptors (Lipinski definition) is 4. The van der Waals surface area contributed by atoms with Gasteiger partial charge in [0.15, 0.2) is 11.9 Å². The molecule has 2 aliphatic heterocycles. The Kier molecular flexibility index (Phi) is 5.41. The summed E-state index contributed by atoms with van der Waals surface area (Å²) in [6.45, 7) is 4.59. The summed E-state index contributed by atoms with van der Waals surface area (Å²) in [6, 6.07) is 9.54. The van der Waals surface area contributed by atoms with Gasteiger partial charge >= 0.3 is 0 Å². The molecule has 28 heavy (non-hydrogen) atoms. The molecule has 2 aliphatic rings. The van der Waals surface area contributed by atoms with Gasteiger partial charge in [0.2, 0.25) is 5.91 Å². The van der Waals surface area contributed by atoms with Crippen molar-refractivity contribution in [3.05, 3.63) is 47.5 Å². The van der Waals surface area contributed by atoms with Crippen molar-refractivity contribution >= 4 is 11.8 Å². The SMILES string of the molecule is Cc1nnc2n1CCN(C(=O)CCCc1ccccc1)C2C(=O)N1CCCC1. The van der Waals surface area contributed by atoms with E-state index in [-0.39, 0.29) is 11.8 Å². The lowest BCUT2D eigenvalue weighted by molar-refractivity contribution is -0.147. The Bertz CT molecular complexity index is 842. The molecule has 1 saturated heterocycles. The number of nitrogens with zero attached hydrogens (tertiary/aromatic N) is 5. The van der Waals surface area contributed by atoms with Crippen molar-refractivity contribution in [2.24, 2.45) is 0 Å². The standard InChI is InChI=1S/C21H27N5O2/c1-16-22-23-20-19(21(28)24-12-5-6-13-24)26(15-14-25(16)20)18(27)11-7-10-17-8-3-2-4-9-17/h2-4,8-9,19H,5-7,10-15H2,1H3. The summed E-state index contributed by atoms with van der Waals surface area (Å²) in [5.74, 6) is 1.42. The van der Waals surface area contributed by atoms with Crippen LogP contribution in [0.5, 0.6) is 0 Å². The number of carbonyl (C=O) groups is 2. The highest BCUT2D eigenvalue weighted by Gasteiger charge is 2.41. The van der Waals surface area contributed by atoms with Gasteiger partial charge in [0, 0.05) is 32.6 Å². The highest BCUT2D eigenvalue weighted by atomic mass is 16.2. The summed E-state index contributed by atoms with van der Waals surface area (Å²) in [6.07, 6.45) is 4.12. The molecule has 0 aliphatic carbocycles. The van der Waals surface area contributed by atoms with Crippen LogP contribution in [0.4, 0.5) is 0 Å². The van der Waals surface area contributed by atoms with Crippen molar-refractivity contribution in [1.82, 2.24) is 24.6 Å². The van der Waals surface area contributed by atoms with Gasteiger partial charge in [0.1, 0.15) is 5.82 Å². The minimum Gasteiger partial charge on any atom is -0.340 e. The summed E-state index contributed by atoms with van der Waals surface area (Å²) in [7, 11) is 0. The van der Waals surface area contributed by atoms with Crippen LogP contribution in [-0.2, 0) is 22.6 Å². The fourth-order valence-corrected chi connectivity index (χ4v) is 4.21. The topological polar surface area (TPSA) is 71.3 Å². The number of likely N-dealkylation sites (tertiary alicyclic amines) is 1. The Labute approximate surface area is 165 Å². The molecule has 1 unspecified atom stereocenters. The Morgan fingerprint density at radius 2 is 1.79 bits per heavy atom. The number of carbonyl (C=O) groups excluding carboxylic acids is 2. The van der Waals surface area contributed by atoms with E-state index in [1.165, 1.54) is 5.56 Å². The number of hydrogen-bond donors (Lipinski definition) is 0. The highest BCUT2D eigenvalue weighted by Crippen LogP contribution is 2.29. The molecule has 2 aromatic rings. The quantitative estimate of drug-likeness (QED) is 0.795. The number of aryl methyl sites for hydroxylation is 2. The number of benzene rings is 1. The summed E-state index contributed by atoms with van der Waals surface area (Å²) in [5, 5.41) is 8.42. The summed E-state index contributed by atoms with van der Waals surface area (Å²) < 4.78 is 1.98. The number of rotatable bonds is 5. The molecule has 148 valence electrons. The molecule has 0 N–H and O–H groups in total. The third kappa shape index (κ3) is 3.66. The van der Waals surface area contributed by atoms with Gasteiger partial charge in [0.05, 0.1) is 0 Å². The maximum absolute atomic E-state index is 13.2. The molecular weight excluding hydrogens is 354 g/mol. The van der Waals surface area contributed by atoms with Crippen LogP contribution in [0.3, 0.4) is 0 Å². The average Bonchev–Trinajstić information content (AvgIpc) is 3.38. The van der Waals surface area contributed by atoms with Gasteiger partial charge in [-0.15, -0.1) is 10.2 Å². The van der Waals surface area contributed by atoms with E-state index in [1.54, 1.807) is 4.90 Å². The van der Waals surface area contributed by atoms with Crippen molar-refractivity contribution in [2.45, 2.75) is 51.6 Å². The molecule has 7 nitrogen and oxygen atoms in total. The fourth-order valence-electron chi connectivity index (χ4n) is 4.21. The van der Waals surface area contributed by atoms with Gasteiger partial charge in [-0.3, -0.25) is 9.59 Å². The molecular formula is C21H27N5O2. The average molecular weight is 381 g/mol. The molecule has 7 heteroatoms. The van der Waals surface area contributed by atoms with Crippen molar-refractivity contribution < 1.29 is 9.59 Å². The Morgan fingerprint density at radius 3 is 2.54 bits per heavy atom. The molecule has 2 amide bonds. The maximum atomic E-state index is 13.2. The monoisotopic (exact) mass is 381 g/mol. The van der Waals surface area contributed by atoms with Crippen LogP contribution in [0.1, 0.15) is 48.9 Å². The third-order valence-corrected chi connectivity index (χ3v) is 5.76. The lowest BCUT2D eigenvalue weighted by Crippen LogP contribution is -2.49. The van der Waals surface area contributed by atoms with E-state index < -0.39 is 6.04 Å². The molecule has 1 aromatic carbocycles. The zero-order valence-electron chi connectivity index (χ0n) is 16.4. The smallest absolute Gasteiger partial charge is 0.253 e. The predicted octanol–water partition coefficient (Wildman–Crippen LogP) is 2.12. The van der Waals surface area contributed by atoms with Gasteiger partial charge in [-0.2, -0.15) is 0 Å². The van der Waals surface area contributed by atoms with E-state index in [0.717, 1.165) is 44.6 Å². The molecule has 0 saturated carbocycles.